The van der Waals surface area contributed by atoms with Crippen molar-refractivity contribution in [3.05, 3.63) is 10.4 Å². The number of hydrogen-bond acceptors (Lipinski definition) is 3. The van der Waals surface area contributed by atoms with Gasteiger partial charge in [0.25, 0.3) is 0 Å². The number of ether oxygens (including phenoxy) is 1. The molecule has 1 N–H and O–H groups in total. The van der Waals surface area contributed by atoms with Crippen LogP contribution in [0.4, 0.5) is 4.79 Å². The van der Waals surface area contributed by atoms with Crippen LogP contribution in [0.5, 0.6) is 0 Å². The molecule has 0 spiro atoms. The van der Waals surface area contributed by atoms with E-state index in [4.69, 9.17) is 10.3 Å². The van der Waals surface area contributed by atoms with Crippen LogP contribution >= 0.6 is 0 Å². The van der Waals surface area contributed by atoms with E-state index >= 15 is 0 Å². The fourth-order valence-electron chi connectivity index (χ4n) is 0.828. The van der Waals surface area contributed by atoms with Crippen molar-refractivity contribution in [3.8, 4) is 0 Å². The fourth-order valence-corrected chi connectivity index (χ4v) is 0.828. The number of rotatable bonds is 3. The minimum atomic E-state index is -0.603. The highest BCUT2D eigenvalue weighted by Crippen LogP contribution is 2.09. The molecule has 0 unspecified atom stereocenters. The third-order valence-electron chi connectivity index (χ3n) is 1.37. The van der Waals surface area contributed by atoms with Crippen molar-refractivity contribution in [2.45, 2.75) is 45.8 Å². The fraction of sp³-hybridized carbons (Fsp3) is 0.889. The first-order valence-corrected chi connectivity index (χ1v) is 4.68. The van der Waals surface area contributed by atoms with Gasteiger partial charge in [-0.25, -0.2) is 4.79 Å². The molecule has 0 fully saturated rings. The molecule has 86 valence electrons. The highest BCUT2D eigenvalue weighted by molar-refractivity contribution is 5.68. The Balaban J connectivity index is 4.21. The average molecular weight is 214 g/mol. The first-order valence-electron chi connectivity index (χ1n) is 4.68. The number of hydrogen-bond donors (Lipinski definition) is 1. The summed E-state index contributed by atoms with van der Waals surface area (Å²) in [4.78, 5) is 14.0. The summed E-state index contributed by atoms with van der Waals surface area (Å²) in [5.41, 5.74) is 7.03. The molecule has 0 atom stereocenters. The molecule has 6 heteroatoms. The van der Waals surface area contributed by atoms with Crippen molar-refractivity contribution in [2.75, 3.05) is 6.54 Å². The molecular formula is C9H18N4O2. The van der Waals surface area contributed by atoms with Crippen molar-refractivity contribution in [3.63, 3.8) is 0 Å². The van der Waals surface area contributed by atoms with Crippen LogP contribution in [0.2, 0.25) is 0 Å². The number of carbonyl (C=O) groups excluding carboxylic acids is 1. The van der Waals surface area contributed by atoms with Crippen LogP contribution in [0.1, 0.15) is 34.6 Å². The molecule has 0 aliphatic carbocycles. The van der Waals surface area contributed by atoms with E-state index in [-0.39, 0.29) is 6.54 Å². The Morgan fingerprint density at radius 2 is 1.93 bits per heavy atom. The molecule has 0 aromatic rings. The van der Waals surface area contributed by atoms with Crippen molar-refractivity contribution in [1.29, 1.82) is 0 Å². The van der Waals surface area contributed by atoms with E-state index in [0.29, 0.717) is 0 Å². The Labute approximate surface area is 89.6 Å². The molecule has 0 bridgehead atoms. The summed E-state index contributed by atoms with van der Waals surface area (Å²) in [6, 6.07) is 0. The van der Waals surface area contributed by atoms with Gasteiger partial charge < -0.3 is 10.1 Å². The third kappa shape index (κ3) is 7.64. The highest BCUT2D eigenvalue weighted by Gasteiger charge is 2.23. The highest BCUT2D eigenvalue weighted by atomic mass is 16.6. The number of nitrogens with zero attached hydrogens (tertiary/aromatic N) is 3. The predicted molar refractivity (Wildman–Crippen MR) is 57.5 cm³/mol. The number of nitrogens with one attached hydrogen (secondary N) is 1. The van der Waals surface area contributed by atoms with Crippen LogP contribution in [-0.2, 0) is 4.74 Å². The van der Waals surface area contributed by atoms with Gasteiger partial charge in [0.2, 0.25) is 0 Å². The summed E-state index contributed by atoms with van der Waals surface area (Å²) in [6.45, 7) is 9.05. The van der Waals surface area contributed by atoms with Crippen LogP contribution < -0.4 is 5.32 Å². The van der Waals surface area contributed by atoms with Gasteiger partial charge in [0.05, 0.1) is 0 Å². The van der Waals surface area contributed by atoms with Crippen LogP contribution in [0.3, 0.4) is 0 Å². The maximum absolute atomic E-state index is 11.4. The summed E-state index contributed by atoms with van der Waals surface area (Å²) in [6.07, 6.45) is -0.513. The first-order chi connectivity index (χ1) is 6.66. The normalized spacial score (nSPS) is 11.5. The zero-order valence-electron chi connectivity index (χ0n) is 9.87. The molecule has 0 aromatic carbocycles. The number of alkyl carbamates (subject to hydrolysis) is 1. The lowest BCUT2D eigenvalue weighted by Crippen LogP contribution is -2.47. The summed E-state index contributed by atoms with van der Waals surface area (Å²) < 4.78 is 5.07. The molecule has 6 nitrogen and oxygen atoms in total. The second kappa shape index (κ2) is 4.89. The lowest BCUT2D eigenvalue weighted by molar-refractivity contribution is 0.0476. The monoisotopic (exact) mass is 214 g/mol. The van der Waals surface area contributed by atoms with Crippen molar-refractivity contribution < 1.29 is 9.53 Å². The zero-order chi connectivity index (χ0) is 12.1. The van der Waals surface area contributed by atoms with Crippen LogP contribution in [0.25, 0.3) is 10.4 Å². The third-order valence-corrected chi connectivity index (χ3v) is 1.37. The van der Waals surface area contributed by atoms with Gasteiger partial charge in [0.15, 0.2) is 0 Å². The van der Waals surface area contributed by atoms with E-state index in [2.05, 4.69) is 15.3 Å². The minimum absolute atomic E-state index is 0.183. The molecule has 0 heterocycles. The van der Waals surface area contributed by atoms with Gasteiger partial charge in [-0.1, -0.05) is 5.11 Å². The molecule has 15 heavy (non-hydrogen) atoms. The molecule has 0 saturated carbocycles. The Morgan fingerprint density at radius 3 is 2.33 bits per heavy atom. The molecule has 0 radical (unpaired) electrons. The maximum atomic E-state index is 11.4. The molecule has 0 aliphatic heterocycles. The predicted octanol–water partition coefficient (Wildman–Crippen LogP) is 2.60. The zero-order valence-corrected chi connectivity index (χ0v) is 9.87. The van der Waals surface area contributed by atoms with Crippen molar-refractivity contribution >= 4 is 6.09 Å². The van der Waals surface area contributed by atoms with Crippen LogP contribution in [0.15, 0.2) is 5.11 Å². The number of carbonyl (C=O) groups is 1. The maximum Gasteiger partial charge on any atom is 0.408 e. The minimum Gasteiger partial charge on any atom is -0.444 e. The lowest BCUT2D eigenvalue weighted by atomic mass is 10.1. The first kappa shape index (κ1) is 13.6. The van der Waals surface area contributed by atoms with Gasteiger partial charge in [-0.3, -0.25) is 0 Å². The van der Waals surface area contributed by atoms with Gasteiger partial charge in [-0.05, 0) is 40.1 Å². The quantitative estimate of drug-likeness (QED) is 0.444. The molecule has 0 saturated heterocycles. The Kier molecular flexibility index (Phi) is 4.42. The van der Waals surface area contributed by atoms with Gasteiger partial charge in [0, 0.05) is 17.0 Å². The smallest absolute Gasteiger partial charge is 0.408 e. The molecular weight excluding hydrogens is 196 g/mol. The molecule has 0 aliphatic rings. The largest absolute Gasteiger partial charge is 0.444 e. The molecule has 1 amide bonds. The number of amides is 1. The van der Waals surface area contributed by atoms with Crippen molar-refractivity contribution in [2.24, 2.45) is 5.11 Å². The Morgan fingerprint density at radius 1 is 1.40 bits per heavy atom. The van der Waals surface area contributed by atoms with Crippen LogP contribution in [0, 0.1) is 0 Å². The van der Waals surface area contributed by atoms with E-state index in [1.165, 1.54) is 0 Å². The average Bonchev–Trinajstić information content (AvgIpc) is 1.95. The molecule has 0 aromatic heterocycles. The summed E-state index contributed by atoms with van der Waals surface area (Å²) in [5.74, 6) is 0. The second-order valence-corrected chi connectivity index (χ2v) is 4.90. The standard InChI is InChI=1S/C9H18N4O2/c1-8(2,3)15-7(14)12-9(4,5)6-11-13-10/h6H2,1-5H3,(H,12,14). The SMILES string of the molecule is CC(C)(CN=[N+]=[N-])NC(=O)OC(C)(C)C. The number of azide groups is 1. The van der Waals surface area contributed by atoms with E-state index in [1.807, 2.05) is 0 Å². The van der Waals surface area contributed by atoms with Gasteiger partial charge in [-0.15, -0.1) is 0 Å². The van der Waals surface area contributed by atoms with Gasteiger partial charge in [-0.2, -0.15) is 0 Å². The summed E-state index contributed by atoms with van der Waals surface area (Å²) >= 11 is 0. The Hall–Kier alpha value is -1.42. The van der Waals surface area contributed by atoms with Crippen molar-refractivity contribution in [1.82, 2.24) is 5.32 Å². The summed E-state index contributed by atoms with van der Waals surface area (Å²) in [7, 11) is 0. The topological polar surface area (TPSA) is 87.1 Å². The second-order valence-electron chi connectivity index (χ2n) is 4.90. The van der Waals surface area contributed by atoms with E-state index in [1.54, 1.807) is 34.6 Å². The Bertz CT molecular complexity index is 274. The summed E-state index contributed by atoms with van der Waals surface area (Å²) in [5, 5.41) is 6.02. The van der Waals surface area contributed by atoms with Gasteiger partial charge in [0.1, 0.15) is 5.60 Å². The van der Waals surface area contributed by atoms with E-state index in [0.717, 1.165) is 0 Å². The van der Waals surface area contributed by atoms with E-state index in [9.17, 15) is 4.79 Å². The molecule has 0 rings (SSSR count). The lowest BCUT2D eigenvalue weighted by Gasteiger charge is -2.27. The van der Waals surface area contributed by atoms with Crippen LogP contribution in [-0.4, -0.2) is 23.8 Å². The van der Waals surface area contributed by atoms with E-state index < -0.39 is 17.2 Å². The van der Waals surface area contributed by atoms with Gasteiger partial charge >= 0.3 is 6.09 Å².